The molecule has 0 heterocycles. The third-order valence-corrected chi connectivity index (χ3v) is 4.37. The highest BCUT2D eigenvalue weighted by Gasteiger charge is 2.42. The predicted molar refractivity (Wildman–Crippen MR) is 81.8 cm³/mol. The molecule has 1 aromatic rings. The van der Waals surface area contributed by atoms with Gasteiger partial charge in [-0.15, -0.1) is 0 Å². The third kappa shape index (κ3) is 3.50. The Morgan fingerprint density at radius 2 is 1.86 bits per heavy atom. The fourth-order valence-electron chi connectivity index (χ4n) is 2.69. The van der Waals surface area contributed by atoms with Crippen molar-refractivity contribution in [2.45, 2.75) is 37.6 Å². The zero-order chi connectivity index (χ0) is 15.5. The van der Waals surface area contributed by atoms with Crippen LogP contribution < -0.4 is 5.32 Å². The van der Waals surface area contributed by atoms with Crippen LogP contribution in [-0.4, -0.2) is 24.5 Å². The quantitative estimate of drug-likeness (QED) is 0.862. The second-order valence-electron chi connectivity index (χ2n) is 5.21. The number of halogens is 2. The van der Waals surface area contributed by atoms with E-state index < -0.39 is 17.4 Å². The number of rotatable bonds is 3. The van der Waals surface area contributed by atoms with Gasteiger partial charge in [0.05, 0.1) is 17.7 Å². The van der Waals surface area contributed by atoms with E-state index in [1.54, 1.807) is 12.1 Å². The van der Waals surface area contributed by atoms with Crippen LogP contribution >= 0.6 is 23.2 Å². The Balaban J connectivity index is 2.26. The number of hydrogen-bond donors (Lipinski definition) is 1. The van der Waals surface area contributed by atoms with Crippen LogP contribution in [0.3, 0.4) is 0 Å². The topological polar surface area (TPSA) is 55.4 Å². The van der Waals surface area contributed by atoms with E-state index in [1.807, 2.05) is 0 Å². The van der Waals surface area contributed by atoms with Crippen molar-refractivity contribution >= 4 is 35.1 Å². The maximum atomic E-state index is 12.4. The zero-order valence-corrected chi connectivity index (χ0v) is 13.3. The van der Waals surface area contributed by atoms with E-state index in [4.69, 9.17) is 27.9 Å². The monoisotopic (exact) mass is 329 g/mol. The highest BCUT2D eigenvalue weighted by molar-refractivity contribution is 6.35. The van der Waals surface area contributed by atoms with E-state index in [0.717, 1.165) is 19.3 Å². The molecule has 0 atom stereocenters. The minimum Gasteiger partial charge on any atom is -0.467 e. The fraction of sp³-hybridized carbons (Fsp3) is 0.467. The average Bonchev–Trinajstić information content (AvgIpc) is 2.49. The summed E-state index contributed by atoms with van der Waals surface area (Å²) in [5.74, 6) is -0.816. The van der Waals surface area contributed by atoms with Gasteiger partial charge < -0.3 is 10.1 Å². The van der Waals surface area contributed by atoms with Crippen LogP contribution in [0.25, 0.3) is 0 Å². The van der Waals surface area contributed by atoms with Crippen molar-refractivity contribution < 1.29 is 14.3 Å². The summed E-state index contributed by atoms with van der Waals surface area (Å²) in [4.78, 5) is 24.6. The molecule has 4 nitrogen and oxygen atoms in total. The van der Waals surface area contributed by atoms with Crippen molar-refractivity contribution in [3.63, 3.8) is 0 Å². The van der Waals surface area contributed by atoms with E-state index >= 15 is 0 Å². The lowest BCUT2D eigenvalue weighted by atomic mass is 9.81. The van der Waals surface area contributed by atoms with Gasteiger partial charge in [-0.1, -0.05) is 42.5 Å². The van der Waals surface area contributed by atoms with Crippen LogP contribution in [0.2, 0.25) is 10.0 Å². The summed E-state index contributed by atoms with van der Waals surface area (Å²) < 4.78 is 4.87. The summed E-state index contributed by atoms with van der Waals surface area (Å²) in [5, 5.41) is 3.53. The van der Waals surface area contributed by atoms with Crippen molar-refractivity contribution in [2.24, 2.45) is 0 Å². The van der Waals surface area contributed by atoms with Crippen molar-refractivity contribution in [1.29, 1.82) is 0 Å². The van der Waals surface area contributed by atoms with E-state index in [-0.39, 0.29) is 5.56 Å². The third-order valence-electron chi connectivity index (χ3n) is 3.81. The van der Waals surface area contributed by atoms with Crippen molar-refractivity contribution in [3.8, 4) is 0 Å². The summed E-state index contributed by atoms with van der Waals surface area (Å²) in [6, 6.07) is 4.66. The summed E-state index contributed by atoms with van der Waals surface area (Å²) >= 11 is 11.9. The number of hydrogen-bond acceptors (Lipinski definition) is 3. The first-order chi connectivity index (χ1) is 9.98. The Morgan fingerprint density at radius 3 is 2.48 bits per heavy atom. The van der Waals surface area contributed by atoms with Crippen LogP contribution in [0.15, 0.2) is 18.2 Å². The molecule has 114 valence electrons. The molecule has 0 saturated heterocycles. The van der Waals surface area contributed by atoms with Gasteiger partial charge in [0.1, 0.15) is 5.54 Å². The molecule has 0 bridgehead atoms. The van der Waals surface area contributed by atoms with E-state index in [9.17, 15) is 9.59 Å². The largest absolute Gasteiger partial charge is 0.467 e. The lowest BCUT2D eigenvalue weighted by Gasteiger charge is -2.35. The maximum absolute atomic E-state index is 12.4. The number of amides is 1. The minimum absolute atomic E-state index is 0.262. The lowest BCUT2D eigenvalue weighted by molar-refractivity contribution is -0.149. The van der Waals surface area contributed by atoms with Gasteiger partial charge in [0, 0.05) is 5.02 Å². The molecule has 21 heavy (non-hydrogen) atoms. The molecular weight excluding hydrogens is 313 g/mol. The molecule has 1 N–H and O–H groups in total. The normalized spacial score (nSPS) is 17.1. The van der Waals surface area contributed by atoms with Gasteiger partial charge in [0.25, 0.3) is 5.91 Å². The molecule has 6 heteroatoms. The summed E-state index contributed by atoms with van der Waals surface area (Å²) in [5.41, 5.74) is -0.701. The molecule has 1 amide bonds. The predicted octanol–water partition coefficient (Wildman–Crippen LogP) is 3.60. The second kappa shape index (κ2) is 6.67. The number of esters is 1. The molecule has 1 aliphatic rings. The van der Waals surface area contributed by atoms with E-state index in [2.05, 4.69) is 5.32 Å². The Kier molecular flexibility index (Phi) is 5.12. The van der Waals surface area contributed by atoms with Crippen molar-refractivity contribution in [3.05, 3.63) is 33.8 Å². The number of carbonyl (C=O) groups is 2. The second-order valence-corrected chi connectivity index (χ2v) is 6.06. The molecule has 0 aliphatic heterocycles. The van der Waals surface area contributed by atoms with Gasteiger partial charge in [-0.2, -0.15) is 0 Å². The van der Waals surface area contributed by atoms with Crippen LogP contribution in [0.5, 0.6) is 0 Å². The molecule has 2 rings (SSSR count). The molecule has 0 unspecified atom stereocenters. The molecular formula is C15H17Cl2NO3. The fourth-order valence-corrected chi connectivity index (χ4v) is 3.06. The van der Waals surface area contributed by atoms with Crippen LogP contribution in [0.4, 0.5) is 0 Å². The van der Waals surface area contributed by atoms with Crippen molar-refractivity contribution in [2.75, 3.05) is 7.11 Å². The smallest absolute Gasteiger partial charge is 0.331 e. The summed E-state index contributed by atoms with van der Waals surface area (Å²) in [6.07, 6.45) is 3.94. The molecule has 0 aromatic heterocycles. The van der Waals surface area contributed by atoms with Crippen LogP contribution in [0.1, 0.15) is 42.5 Å². The molecule has 0 spiro atoms. The van der Waals surface area contributed by atoms with Gasteiger partial charge in [0.2, 0.25) is 0 Å². The molecule has 1 aromatic carbocycles. The van der Waals surface area contributed by atoms with Gasteiger partial charge in [-0.25, -0.2) is 4.79 Å². The van der Waals surface area contributed by atoms with Crippen LogP contribution in [0, 0.1) is 0 Å². The highest BCUT2D eigenvalue weighted by Crippen LogP contribution is 2.30. The Labute approximate surface area is 133 Å². The summed E-state index contributed by atoms with van der Waals surface area (Å²) in [6.45, 7) is 0. The molecule has 1 aliphatic carbocycles. The number of nitrogens with one attached hydrogen (secondary N) is 1. The average molecular weight is 330 g/mol. The standard InChI is InChI=1S/C15H17Cl2NO3/c1-21-14(20)15(7-3-2-4-8-15)18-13(19)11-9-10(16)5-6-12(11)17/h5-6,9H,2-4,7-8H2,1H3,(H,18,19). The van der Waals surface area contributed by atoms with E-state index in [0.29, 0.717) is 22.9 Å². The van der Waals surface area contributed by atoms with Gasteiger partial charge >= 0.3 is 5.97 Å². The van der Waals surface area contributed by atoms with Gasteiger partial charge in [0.15, 0.2) is 0 Å². The van der Waals surface area contributed by atoms with Gasteiger partial charge in [-0.3, -0.25) is 4.79 Å². The number of carbonyl (C=O) groups excluding carboxylic acids is 2. The number of benzene rings is 1. The Hall–Kier alpha value is -1.26. The molecule has 1 fully saturated rings. The number of ether oxygens (including phenoxy) is 1. The van der Waals surface area contributed by atoms with E-state index in [1.165, 1.54) is 13.2 Å². The zero-order valence-electron chi connectivity index (χ0n) is 11.7. The minimum atomic E-state index is -0.963. The SMILES string of the molecule is COC(=O)C1(NC(=O)c2cc(Cl)ccc2Cl)CCCCC1. The maximum Gasteiger partial charge on any atom is 0.331 e. The first-order valence-electron chi connectivity index (χ1n) is 6.84. The Bertz CT molecular complexity index is 554. The molecule has 0 radical (unpaired) electrons. The summed E-state index contributed by atoms with van der Waals surface area (Å²) in [7, 11) is 1.33. The number of methoxy groups -OCH3 is 1. The Morgan fingerprint density at radius 1 is 1.19 bits per heavy atom. The first-order valence-corrected chi connectivity index (χ1v) is 7.60. The lowest BCUT2D eigenvalue weighted by Crippen LogP contribution is -2.56. The first kappa shape index (κ1) is 16.1. The van der Waals surface area contributed by atoms with Crippen LogP contribution in [-0.2, 0) is 9.53 Å². The van der Waals surface area contributed by atoms with Crippen molar-refractivity contribution in [1.82, 2.24) is 5.32 Å². The van der Waals surface area contributed by atoms with Gasteiger partial charge in [-0.05, 0) is 31.0 Å². The highest BCUT2D eigenvalue weighted by atomic mass is 35.5. The molecule has 1 saturated carbocycles.